The fourth-order valence-corrected chi connectivity index (χ4v) is 1.41. The smallest absolute Gasteiger partial charge is 0.315 e. The van der Waals surface area contributed by atoms with Gasteiger partial charge in [0, 0.05) is 11.6 Å². The molecular weight excluding hydrogens is 204 g/mol. The highest BCUT2D eigenvalue weighted by atomic mass is 16.4. The van der Waals surface area contributed by atoms with Crippen LogP contribution in [0.3, 0.4) is 0 Å². The highest BCUT2D eigenvalue weighted by Crippen LogP contribution is 2.32. The summed E-state index contributed by atoms with van der Waals surface area (Å²) >= 11 is 0. The van der Waals surface area contributed by atoms with Gasteiger partial charge in [0.2, 0.25) is 5.89 Å². The van der Waals surface area contributed by atoms with Gasteiger partial charge in [-0.2, -0.15) is 0 Å². The minimum atomic E-state index is 0.0626. The Balaban J connectivity index is 1.82. The second-order valence-corrected chi connectivity index (χ2v) is 5.57. The number of anilines is 1. The summed E-state index contributed by atoms with van der Waals surface area (Å²) in [6.45, 7) is 9.13. The average molecular weight is 224 g/mol. The molecular formula is C11H20N4O. The molecule has 2 unspecified atom stereocenters. The summed E-state index contributed by atoms with van der Waals surface area (Å²) < 4.78 is 5.48. The van der Waals surface area contributed by atoms with E-state index in [9.17, 15) is 0 Å². The third kappa shape index (κ3) is 3.20. The molecule has 0 saturated heterocycles. The molecule has 1 heterocycles. The van der Waals surface area contributed by atoms with Crippen LogP contribution in [0.2, 0.25) is 0 Å². The molecule has 1 fully saturated rings. The van der Waals surface area contributed by atoms with Crippen molar-refractivity contribution in [3.63, 3.8) is 0 Å². The monoisotopic (exact) mass is 224 g/mol. The zero-order valence-electron chi connectivity index (χ0n) is 10.4. The first kappa shape index (κ1) is 11.4. The van der Waals surface area contributed by atoms with Crippen molar-refractivity contribution in [3.8, 4) is 0 Å². The van der Waals surface area contributed by atoms with Crippen LogP contribution in [0, 0.1) is 5.92 Å². The third-order valence-corrected chi connectivity index (χ3v) is 2.66. The highest BCUT2D eigenvalue weighted by molar-refractivity contribution is 5.23. The van der Waals surface area contributed by atoms with Crippen LogP contribution in [0.5, 0.6) is 0 Å². The quantitative estimate of drug-likeness (QED) is 0.816. The van der Waals surface area contributed by atoms with E-state index < -0.39 is 0 Å². The van der Waals surface area contributed by atoms with E-state index in [-0.39, 0.29) is 5.54 Å². The molecule has 1 aliphatic carbocycles. The fourth-order valence-electron chi connectivity index (χ4n) is 1.41. The molecule has 5 nitrogen and oxygen atoms in total. The highest BCUT2D eigenvalue weighted by Gasteiger charge is 2.33. The molecule has 1 aromatic rings. The Hall–Kier alpha value is -1.10. The number of nitrogens with one attached hydrogen (secondary N) is 2. The number of hydrogen-bond acceptors (Lipinski definition) is 5. The van der Waals surface area contributed by atoms with Gasteiger partial charge in [-0.1, -0.05) is 12.0 Å². The molecule has 0 aromatic carbocycles. The zero-order chi connectivity index (χ0) is 11.8. The Kier molecular flexibility index (Phi) is 2.88. The zero-order valence-corrected chi connectivity index (χ0v) is 10.4. The summed E-state index contributed by atoms with van der Waals surface area (Å²) in [6.07, 6.45) is 1.19. The number of aromatic nitrogens is 2. The SMILES string of the molecule is CC1CC1Nc1nnc(CNC(C)(C)C)o1. The Morgan fingerprint density at radius 2 is 2.06 bits per heavy atom. The van der Waals surface area contributed by atoms with Crippen LogP contribution in [0.15, 0.2) is 4.42 Å². The van der Waals surface area contributed by atoms with E-state index >= 15 is 0 Å². The van der Waals surface area contributed by atoms with Gasteiger partial charge in [-0.25, -0.2) is 0 Å². The topological polar surface area (TPSA) is 63.0 Å². The Labute approximate surface area is 96.0 Å². The van der Waals surface area contributed by atoms with E-state index in [1.165, 1.54) is 6.42 Å². The molecule has 5 heteroatoms. The van der Waals surface area contributed by atoms with E-state index in [1.54, 1.807) is 0 Å². The molecule has 0 amide bonds. The van der Waals surface area contributed by atoms with Crippen LogP contribution in [0.25, 0.3) is 0 Å². The summed E-state index contributed by atoms with van der Waals surface area (Å²) in [5, 5.41) is 14.5. The average Bonchev–Trinajstić information content (AvgIpc) is 2.69. The molecule has 2 rings (SSSR count). The summed E-state index contributed by atoms with van der Waals surface area (Å²) in [7, 11) is 0. The van der Waals surface area contributed by atoms with Crippen LogP contribution >= 0.6 is 0 Å². The maximum absolute atomic E-state index is 5.48. The van der Waals surface area contributed by atoms with Crippen molar-refractivity contribution in [2.75, 3.05) is 5.32 Å². The number of hydrogen-bond donors (Lipinski definition) is 2. The van der Waals surface area contributed by atoms with Crippen molar-refractivity contribution in [1.29, 1.82) is 0 Å². The van der Waals surface area contributed by atoms with Crippen molar-refractivity contribution in [2.24, 2.45) is 5.92 Å². The normalized spacial score (nSPS) is 24.5. The third-order valence-electron chi connectivity index (χ3n) is 2.66. The number of nitrogens with zero attached hydrogens (tertiary/aromatic N) is 2. The molecule has 0 aliphatic heterocycles. The van der Waals surface area contributed by atoms with Gasteiger partial charge < -0.3 is 15.1 Å². The molecule has 1 aliphatic rings. The van der Waals surface area contributed by atoms with Gasteiger partial charge in [-0.05, 0) is 33.1 Å². The predicted molar refractivity (Wildman–Crippen MR) is 62.1 cm³/mol. The maximum atomic E-state index is 5.48. The standard InChI is InChI=1S/C11H20N4O/c1-7-5-8(7)13-10-15-14-9(16-10)6-12-11(2,3)4/h7-8,12H,5-6H2,1-4H3,(H,13,15). The van der Waals surface area contributed by atoms with Gasteiger partial charge >= 0.3 is 6.01 Å². The Morgan fingerprint density at radius 1 is 1.38 bits per heavy atom. The first-order chi connectivity index (χ1) is 7.44. The van der Waals surface area contributed by atoms with E-state index in [0.717, 1.165) is 5.92 Å². The molecule has 0 radical (unpaired) electrons. The number of rotatable bonds is 4. The lowest BCUT2D eigenvalue weighted by Crippen LogP contribution is -2.35. The van der Waals surface area contributed by atoms with Crippen LogP contribution in [-0.4, -0.2) is 21.8 Å². The first-order valence-electron chi connectivity index (χ1n) is 5.78. The minimum absolute atomic E-state index is 0.0626. The lowest BCUT2D eigenvalue weighted by Gasteiger charge is -2.18. The van der Waals surface area contributed by atoms with Crippen LogP contribution in [-0.2, 0) is 6.54 Å². The van der Waals surface area contributed by atoms with E-state index in [1.807, 2.05) is 0 Å². The fraction of sp³-hybridized carbons (Fsp3) is 0.818. The van der Waals surface area contributed by atoms with Gasteiger partial charge in [-0.3, -0.25) is 0 Å². The van der Waals surface area contributed by atoms with Crippen molar-refractivity contribution in [2.45, 2.75) is 52.2 Å². The molecule has 2 atom stereocenters. The summed E-state index contributed by atoms with van der Waals surface area (Å²) in [5.74, 6) is 1.36. The predicted octanol–water partition coefficient (Wildman–Crippen LogP) is 1.78. The molecule has 0 spiro atoms. The van der Waals surface area contributed by atoms with Crippen LogP contribution < -0.4 is 10.6 Å². The maximum Gasteiger partial charge on any atom is 0.315 e. The van der Waals surface area contributed by atoms with Crippen LogP contribution in [0.1, 0.15) is 40.0 Å². The molecule has 16 heavy (non-hydrogen) atoms. The van der Waals surface area contributed by atoms with Crippen molar-refractivity contribution >= 4 is 6.01 Å². The van der Waals surface area contributed by atoms with Gasteiger partial charge in [0.1, 0.15) is 0 Å². The van der Waals surface area contributed by atoms with E-state index in [4.69, 9.17) is 4.42 Å². The summed E-state index contributed by atoms with van der Waals surface area (Å²) in [4.78, 5) is 0. The van der Waals surface area contributed by atoms with Gasteiger partial charge in [0.25, 0.3) is 0 Å². The largest absolute Gasteiger partial charge is 0.407 e. The second kappa shape index (κ2) is 4.05. The lowest BCUT2D eigenvalue weighted by atomic mass is 10.1. The molecule has 90 valence electrons. The van der Waals surface area contributed by atoms with Gasteiger partial charge in [0.05, 0.1) is 6.54 Å². The van der Waals surface area contributed by atoms with Crippen molar-refractivity contribution in [1.82, 2.24) is 15.5 Å². The Bertz CT molecular complexity index is 355. The molecule has 2 N–H and O–H groups in total. The van der Waals surface area contributed by atoms with Crippen molar-refractivity contribution < 1.29 is 4.42 Å². The van der Waals surface area contributed by atoms with E-state index in [2.05, 4.69) is 48.5 Å². The lowest BCUT2D eigenvalue weighted by molar-refractivity contribution is 0.383. The summed E-state index contributed by atoms with van der Waals surface area (Å²) in [6, 6.07) is 1.06. The van der Waals surface area contributed by atoms with Crippen molar-refractivity contribution in [3.05, 3.63) is 5.89 Å². The van der Waals surface area contributed by atoms with Crippen LogP contribution in [0.4, 0.5) is 6.01 Å². The molecule has 0 bridgehead atoms. The molecule has 1 aromatic heterocycles. The molecule has 1 saturated carbocycles. The summed E-state index contributed by atoms with van der Waals surface area (Å²) in [5.41, 5.74) is 0.0626. The Morgan fingerprint density at radius 3 is 2.62 bits per heavy atom. The second-order valence-electron chi connectivity index (χ2n) is 5.57. The first-order valence-corrected chi connectivity index (χ1v) is 5.78. The van der Waals surface area contributed by atoms with E-state index in [0.29, 0.717) is 24.5 Å². The minimum Gasteiger partial charge on any atom is -0.407 e. The van der Waals surface area contributed by atoms with Gasteiger partial charge in [0.15, 0.2) is 0 Å². The van der Waals surface area contributed by atoms with Gasteiger partial charge in [-0.15, -0.1) is 5.10 Å².